The van der Waals surface area contributed by atoms with E-state index in [9.17, 15) is 9.18 Å². The van der Waals surface area contributed by atoms with Crippen molar-refractivity contribution < 1.29 is 13.6 Å². The summed E-state index contributed by atoms with van der Waals surface area (Å²) in [6, 6.07) is 14.6. The Kier molecular flexibility index (Phi) is 8.00. The molecule has 0 bridgehead atoms. The lowest BCUT2D eigenvalue weighted by atomic mass is 10.0. The molecule has 1 unspecified atom stereocenters. The minimum Gasteiger partial charge on any atom is -0.495 e. The van der Waals surface area contributed by atoms with Gasteiger partial charge in [0.2, 0.25) is 0 Å². The number of methoxy groups -OCH3 is 1. The van der Waals surface area contributed by atoms with E-state index in [1.54, 1.807) is 54.5 Å². The van der Waals surface area contributed by atoms with Gasteiger partial charge in [0.25, 0.3) is 5.56 Å². The van der Waals surface area contributed by atoms with E-state index in [0.29, 0.717) is 29.2 Å². The average Bonchev–Trinajstić information content (AvgIpc) is 3.33. The van der Waals surface area contributed by atoms with Crippen molar-refractivity contribution in [3.63, 3.8) is 0 Å². The molecule has 0 aliphatic heterocycles. The second-order valence-corrected chi connectivity index (χ2v) is 11.3. The first-order valence-corrected chi connectivity index (χ1v) is 14.7. The molecule has 0 aliphatic carbocycles. The van der Waals surface area contributed by atoms with Crippen molar-refractivity contribution in [3.05, 3.63) is 112 Å². The minimum atomic E-state index is -1.38. The van der Waals surface area contributed by atoms with Crippen LogP contribution in [0.5, 0.6) is 5.75 Å². The van der Waals surface area contributed by atoms with Crippen LogP contribution in [0, 0.1) is 12.7 Å². The highest BCUT2D eigenvalue weighted by Gasteiger charge is 2.21. The zero-order valence-corrected chi connectivity index (χ0v) is 22.4. The van der Waals surface area contributed by atoms with Crippen LogP contribution in [0.25, 0.3) is 5.69 Å². The van der Waals surface area contributed by atoms with Gasteiger partial charge >= 0.3 is 0 Å². The maximum Gasteiger partial charge on any atom is 0.260 e. The standard InChI is InChI=1S/C27H30FN5O3Si/c1-18-15-32(17-30-18)23-12-9-20(14-25(23)35-2)26(31-29)22-6-5-13-33(27(22)34)24(16-36-37(3)4)19-7-10-21(28)11-8-19/h5-15,17,24,37H,16,29H2,1-4H3/b31-26-. The molecule has 0 saturated heterocycles. The number of ether oxygens (including phenoxy) is 1. The second-order valence-electron chi connectivity index (χ2n) is 8.87. The quantitative estimate of drug-likeness (QED) is 0.157. The van der Waals surface area contributed by atoms with Gasteiger partial charge in [0.05, 0.1) is 43.0 Å². The van der Waals surface area contributed by atoms with E-state index < -0.39 is 15.1 Å². The summed E-state index contributed by atoms with van der Waals surface area (Å²) in [5.74, 6) is 6.06. The first-order valence-electron chi connectivity index (χ1n) is 11.9. The normalized spacial score (nSPS) is 12.6. The number of pyridine rings is 1. The Balaban J connectivity index is 1.77. The average molecular weight is 520 g/mol. The first-order chi connectivity index (χ1) is 17.8. The van der Waals surface area contributed by atoms with Crippen molar-refractivity contribution in [2.75, 3.05) is 13.7 Å². The summed E-state index contributed by atoms with van der Waals surface area (Å²) < 4.78 is 28.7. The maximum atomic E-state index is 13.8. The first kappa shape index (κ1) is 26.1. The number of benzene rings is 2. The van der Waals surface area contributed by atoms with Gasteiger partial charge in [-0.2, -0.15) is 5.10 Å². The van der Waals surface area contributed by atoms with Crippen LogP contribution in [0.3, 0.4) is 0 Å². The van der Waals surface area contributed by atoms with E-state index in [2.05, 4.69) is 23.2 Å². The summed E-state index contributed by atoms with van der Waals surface area (Å²) >= 11 is 0. The van der Waals surface area contributed by atoms with Crippen molar-refractivity contribution in [2.24, 2.45) is 10.9 Å². The van der Waals surface area contributed by atoms with Crippen LogP contribution in [0.2, 0.25) is 13.1 Å². The third-order valence-corrected chi connectivity index (χ3v) is 6.84. The van der Waals surface area contributed by atoms with E-state index in [0.717, 1.165) is 16.9 Å². The number of hydrogen-bond acceptors (Lipinski definition) is 6. The van der Waals surface area contributed by atoms with Crippen LogP contribution < -0.4 is 16.1 Å². The Morgan fingerprint density at radius 2 is 1.95 bits per heavy atom. The van der Waals surface area contributed by atoms with E-state index in [1.807, 2.05) is 29.8 Å². The highest BCUT2D eigenvalue weighted by Crippen LogP contribution is 2.26. The predicted octanol–water partition coefficient (Wildman–Crippen LogP) is 3.79. The maximum absolute atomic E-state index is 13.8. The van der Waals surface area contributed by atoms with Gasteiger partial charge < -0.3 is 24.1 Å². The van der Waals surface area contributed by atoms with Crippen LogP contribution >= 0.6 is 0 Å². The summed E-state index contributed by atoms with van der Waals surface area (Å²) in [6.07, 6.45) is 5.30. The number of hydrogen-bond donors (Lipinski definition) is 1. The third-order valence-electron chi connectivity index (χ3n) is 5.98. The van der Waals surface area contributed by atoms with E-state index in [4.69, 9.17) is 15.0 Å². The molecule has 4 rings (SSSR count). The van der Waals surface area contributed by atoms with Crippen LogP contribution in [0.15, 0.2) is 83.2 Å². The second kappa shape index (κ2) is 11.4. The van der Waals surface area contributed by atoms with Crippen molar-refractivity contribution in [2.45, 2.75) is 26.1 Å². The topological polar surface area (TPSA) is 96.7 Å². The molecule has 0 radical (unpaired) electrons. The molecule has 4 aromatic rings. The molecule has 2 N–H and O–H groups in total. The lowest BCUT2D eigenvalue weighted by molar-refractivity contribution is 0.274. The monoisotopic (exact) mass is 519 g/mol. The van der Waals surface area contributed by atoms with Gasteiger partial charge in [0, 0.05) is 18.0 Å². The van der Waals surface area contributed by atoms with E-state index >= 15 is 0 Å². The Morgan fingerprint density at radius 1 is 1.19 bits per heavy atom. The third kappa shape index (κ3) is 5.70. The summed E-state index contributed by atoms with van der Waals surface area (Å²) in [7, 11) is 0.197. The van der Waals surface area contributed by atoms with Crippen LogP contribution in [-0.4, -0.2) is 42.6 Å². The van der Waals surface area contributed by atoms with Crippen molar-refractivity contribution in [3.8, 4) is 11.4 Å². The molecule has 0 spiro atoms. The van der Waals surface area contributed by atoms with Gasteiger partial charge in [-0.15, -0.1) is 0 Å². The molecule has 2 heterocycles. The molecule has 0 aliphatic rings. The number of nitrogens with zero attached hydrogens (tertiary/aromatic N) is 4. The molecule has 0 amide bonds. The number of imidazole rings is 1. The molecule has 0 saturated carbocycles. The van der Waals surface area contributed by atoms with Gasteiger partial charge in [-0.1, -0.05) is 18.2 Å². The molecule has 37 heavy (non-hydrogen) atoms. The fourth-order valence-corrected chi connectivity index (χ4v) is 4.70. The molecule has 8 nitrogen and oxygen atoms in total. The fraction of sp³-hybridized carbons (Fsp3) is 0.222. The predicted molar refractivity (Wildman–Crippen MR) is 145 cm³/mol. The molecule has 192 valence electrons. The SMILES string of the molecule is COc1cc(/C(=N/N)c2cccn(C(CO[SiH](C)C)c3ccc(F)cc3)c2=O)ccc1-n1cnc(C)c1. The molecule has 10 heteroatoms. The number of halogens is 1. The van der Waals surface area contributed by atoms with E-state index in [-0.39, 0.29) is 11.4 Å². The smallest absolute Gasteiger partial charge is 0.260 e. The zero-order chi connectivity index (χ0) is 26.5. The Morgan fingerprint density at radius 3 is 2.57 bits per heavy atom. The number of aromatic nitrogens is 3. The zero-order valence-electron chi connectivity index (χ0n) is 21.3. The number of hydrazone groups is 1. The van der Waals surface area contributed by atoms with Gasteiger partial charge in [0.1, 0.15) is 17.3 Å². The van der Waals surface area contributed by atoms with Crippen molar-refractivity contribution >= 4 is 14.8 Å². The summed E-state index contributed by atoms with van der Waals surface area (Å²) in [5.41, 5.74) is 3.42. The molecule has 2 aromatic carbocycles. The summed E-state index contributed by atoms with van der Waals surface area (Å²) in [4.78, 5) is 18.1. The van der Waals surface area contributed by atoms with Gasteiger partial charge in [-0.05, 0) is 62.0 Å². The molecular weight excluding hydrogens is 489 g/mol. The molecule has 2 aromatic heterocycles. The highest BCUT2D eigenvalue weighted by molar-refractivity contribution is 6.48. The number of rotatable bonds is 9. The largest absolute Gasteiger partial charge is 0.495 e. The van der Waals surface area contributed by atoms with Gasteiger partial charge in [-0.3, -0.25) is 4.79 Å². The van der Waals surface area contributed by atoms with Crippen LogP contribution in [0.4, 0.5) is 4.39 Å². The molecule has 0 fully saturated rings. The Hall–Kier alpha value is -4.02. The van der Waals surface area contributed by atoms with Gasteiger partial charge in [-0.25, -0.2) is 9.37 Å². The molecule has 1 atom stereocenters. The van der Waals surface area contributed by atoms with Crippen molar-refractivity contribution in [1.82, 2.24) is 14.1 Å². The minimum absolute atomic E-state index is 0.289. The summed E-state index contributed by atoms with van der Waals surface area (Å²) in [5, 5.41) is 3.98. The number of aryl methyl sites for hydroxylation is 1. The van der Waals surface area contributed by atoms with E-state index in [1.165, 1.54) is 12.1 Å². The van der Waals surface area contributed by atoms with Crippen LogP contribution in [-0.2, 0) is 4.43 Å². The number of nitrogens with two attached hydrogens (primary N) is 1. The van der Waals surface area contributed by atoms with Gasteiger partial charge in [0.15, 0.2) is 9.04 Å². The van der Waals surface area contributed by atoms with Crippen molar-refractivity contribution in [1.29, 1.82) is 0 Å². The molecular formula is C27H30FN5O3Si. The fourth-order valence-electron chi connectivity index (χ4n) is 4.13. The Labute approximate surface area is 216 Å². The summed E-state index contributed by atoms with van der Waals surface area (Å²) in [6.45, 7) is 6.32. The Bertz CT molecular complexity index is 1460. The van der Waals surface area contributed by atoms with Crippen LogP contribution in [0.1, 0.15) is 28.4 Å². The highest BCUT2D eigenvalue weighted by atomic mass is 28.3. The lowest BCUT2D eigenvalue weighted by Gasteiger charge is -2.22. The lowest BCUT2D eigenvalue weighted by Crippen LogP contribution is -2.33.